The molecule has 136 valence electrons. The average molecular weight is 426 g/mol. The molecule has 0 atom stereocenters. The van der Waals surface area contributed by atoms with Crippen molar-refractivity contribution in [3.05, 3.63) is 65.4 Å². The SMILES string of the molecule is COc1ccc(-c2cc3nccn3c(Oc3ccccc3Br)n2)cc1OC. The Morgan fingerprint density at radius 3 is 2.52 bits per heavy atom. The van der Waals surface area contributed by atoms with Crippen molar-refractivity contribution in [2.24, 2.45) is 0 Å². The summed E-state index contributed by atoms with van der Waals surface area (Å²) in [6, 6.07) is 15.6. The molecule has 0 aliphatic heterocycles. The van der Waals surface area contributed by atoms with Crippen LogP contribution in [0.25, 0.3) is 16.9 Å². The van der Waals surface area contributed by atoms with E-state index in [2.05, 4.69) is 20.9 Å². The van der Waals surface area contributed by atoms with Crippen molar-refractivity contribution < 1.29 is 14.2 Å². The van der Waals surface area contributed by atoms with Gasteiger partial charge in [0.25, 0.3) is 0 Å². The Morgan fingerprint density at radius 2 is 1.74 bits per heavy atom. The second-order valence-corrected chi connectivity index (χ2v) is 6.54. The fraction of sp³-hybridized carbons (Fsp3) is 0.100. The van der Waals surface area contributed by atoms with Gasteiger partial charge in [-0.1, -0.05) is 12.1 Å². The smallest absolute Gasteiger partial charge is 0.308 e. The van der Waals surface area contributed by atoms with E-state index >= 15 is 0 Å². The van der Waals surface area contributed by atoms with Crippen molar-refractivity contribution in [1.82, 2.24) is 14.4 Å². The second-order valence-electron chi connectivity index (χ2n) is 5.68. The summed E-state index contributed by atoms with van der Waals surface area (Å²) >= 11 is 3.50. The third kappa shape index (κ3) is 3.33. The molecule has 0 bridgehead atoms. The summed E-state index contributed by atoms with van der Waals surface area (Å²) in [5.74, 6) is 1.96. The van der Waals surface area contributed by atoms with Crippen LogP contribution in [0.15, 0.2) is 65.4 Å². The first-order valence-corrected chi connectivity index (χ1v) is 8.98. The zero-order valence-corrected chi connectivity index (χ0v) is 16.3. The Kier molecular flexibility index (Phi) is 4.68. The van der Waals surface area contributed by atoms with Gasteiger partial charge in [0.15, 0.2) is 11.5 Å². The Bertz CT molecular complexity index is 1110. The lowest BCUT2D eigenvalue weighted by Gasteiger charge is -2.12. The average Bonchev–Trinajstić information content (AvgIpc) is 3.18. The molecule has 0 spiro atoms. The highest BCUT2D eigenvalue weighted by Gasteiger charge is 2.13. The number of benzene rings is 2. The summed E-state index contributed by atoms with van der Waals surface area (Å²) in [4.78, 5) is 9.08. The maximum Gasteiger partial charge on any atom is 0.308 e. The van der Waals surface area contributed by atoms with Crippen LogP contribution in [-0.4, -0.2) is 28.6 Å². The minimum atomic E-state index is 0.418. The number of ether oxygens (including phenoxy) is 3. The fourth-order valence-electron chi connectivity index (χ4n) is 2.74. The van der Waals surface area contributed by atoms with Crippen molar-refractivity contribution in [2.75, 3.05) is 14.2 Å². The van der Waals surface area contributed by atoms with E-state index in [9.17, 15) is 0 Å². The largest absolute Gasteiger partial charge is 0.493 e. The van der Waals surface area contributed by atoms with Crippen LogP contribution in [0, 0.1) is 0 Å². The zero-order valence-electron chi connectivity index (χ0n) is 14.7. The Balaban J connectivity index is 1.82. The van der Waals surface area contributed by atoms with Crippen LogP contribution in [0.4, 0.5) is 0 Å². The number of nitrogens with zero attached hydrogens (tertiary/aromatic N) is 3. The molecule has 0 saturated carbocycles. The Labute approximate surface area is 164 Å². The lowest BCUT2D eigenvalue weighted by atomic mass is 10.1. The summed E-state index contributed by atoms with van der Waals surface area (Å²) in [6.45, 7) is 0. The standard InChI is InChI=1S/C20H16BrN3O3/c1-25-17-8-7-13(11-18(17)26-2)15-12-19-22-9-10-24(19)20(23-15)27-16-6-4-3-5-14(16)21/h3-12H,1-2H3. The van der Waals surface area contributed by atoms with Gasteiger partial charge in [0.2, 0.25) is 0 Å². The highest BCUT2D eigenvalue weighted by atomic mass is 79.9. The fourth-order valence-corrected chi connectivity index (χ4v) is 3.10. The monoisotopic (exact) mass is 425 g/mol. The number of fused-ring (bicyclic) bond motifs is 1. The molecule has 4 rings (SSSR count). The molecule has 6 nitrogen and oxygen atoms in total. The Hall–Kier alpha value is -3.06. The van der Waals surface area contributed by atoms with Gasteiger partial charge in [-0.05, 0) is 46.3 Å². The minimum Gasteiger partial charge on any atom is -0.493 e. The Morgan fingerprint density at radius 1 is 0.926 bits per heavy atom. The minimum absolute atomic E-state index is 0.418. The summed E-state index contributed by atoms with van der Waals surface area (Å²) in [5, 5.41) is 0. The molecule has 7 heteroatoms. The van der Waals surface area contributed by atoms with Crippen LogP contribution >= 0.6 is 15.9 Å². The molecule has 2 aromatic heterocycles. The maximum absolute atomic E-state index is 6.05. The van der Waals surface area contributed by atoms with Crippen LogP contribution < -0.4 is 14.2 Å². The molecule has 2 heterocycles. The zero-order chi connectivity index (χ0) is 18.8. The number of aromatic nitrogens is 3. The highest BCUT2D eigenvalue weighted by Crippen LogP contribution is 2.34. The van der Waals surface area contributed by atoms with Gasteiger partial charge in [-0.3, -0.25) is 4.40 Å². The first-order chi connectivity index (χ1) is 13.2. The second kappa shape index (κ2) is 7.28. The van der Waals surface area contributed by atoms with E-state index in [-0.39, 0.29) is 0 Å². The highest BCUT2D eigenvalue weighted by molar-refractivity contribution is 9.10. The van der Waals surface area contributed by atoms with Crippen molar-refractivity contribution >= 4 is 21.6 Å². The van der Waals surface area contributed by atoms with Gasteiger partial charge < -0.3 is 14.2 Å². The molecule has 0 unspecified atom stereocenters. The van der Waals surface area contributed by atoms with Crippen LogP contribution in [0.5, 0.6) is 23.3 Å². The molecule has 4 aromatic rings. The van der Waals surface area contributed by atoms with Crippen molar-refractivity contribution in [2.45, 2.75) is 0 Å². The predicted molar refractivity (Wildman–Crippen MR) is 106 cm³/mol. The summed E-state index contributed by atoms with van der Waals surface area (Å²) in [7, 11) is 3.21. The lowest BCUT2D eigenvalue weighted by molar-refractivity contribution is 0.355. The van der Waals surface area contributed by atoms with Gasteiger partial charge in [-0.25, -0.2) is 4.98 Å². The third-order valence-electron chi connectivity index (χ3n) is 4.07. The third-order valence-corrected chi connectivity index (χ3v) is 4.73. The molecule has 0 N–H and O–H groups in total. The molecule has 0 saturated heterocycles. The number of rotatable bonds is 5. The topological polar surface area (TPSA) is 57.9 Å². The van der Waals surface area contributed by atoms with Gasteiger partial charge in [0.1, 0.15) is 11.4 Å². The van der Waals surface area contributed by atoms with E-state index in [0.29, 0.717) is 23.3 Å². The van der Waals surface area contributed by atoms with E-state index in [1.165, 1.54) is 0 Å². The number of para-hydroxylation sites is 1. The number of methoxy groups -OCH3 is 2. The van der Waals surface area contributed by atoms with Crippen LogP contribution in [-0.2, 0) is 0 Å². The number of hydrogen-bond acceptors (Lipinski definition) is 5. The first-order valence-electron chi connectivity index (χ1n) is 8.18. The van der Waals surface area contributed by atoms with Gasteiger partial charge >= 0.3 is 6.01 Å². The quantitative estimate of drug-likeness (QED) is 0.451. The van der Waals surface area contributed by atoms with Crippen molar-refractivity contribution in [3.8, 4) is 34.5 Å². The van der Waals surface area contributed by atoms with Crippen LogP contribution in [0.2, 0.25) is 0 Å². The summed E-state index contributed by atoms with van der Waals surface area (Å²) < 4.78 is 19.4. The first kappa shape index (κ1) is 17.4. The van der Waals surface area contributed by atoms with Gasteiger partial charge in [-0.15, -0.1) is 0 Å². The van der Waals surface area contributed by atoms with Gasteiger partial charge in [-0.2, -0.15) is 4.98 Å². The van der Waals surface area contributed by atoms with Crippen molar-refractivity contribution in [1.29, 1.82) is 0 Å². The molecule has 0 amide bonds. The molecular weight excluding hydrogens is 410 g/mol. The number of imidazole rings is 1. The van der Waals surface area contributed by atoms with E-state index in [1.54, 1.807) is 24.8 Å². The molecule has 2 aromatic carbocycles. The molecule has 27 heavy (non-hydrogen) atoms. The van der Waals surface area contributed by atoms with Gasteiger partial charge in [0, 0.05) is 24.0 Å². The molecule has 0 aliphatic rings. The maximum atomic E-state index is 6.05. The van der Waals surface area contributed by atoms with E-state index in [4.69, 9.17) is 19.2 Å². The molecule has 0 aliphatic carbocycles. The molecular formula is C20H16BrN3O3. The van der Waals surface area contributed by atoms with E-state index in [1.807, 2.05) is 54.7 Å². The van der Waals surface area contributed by atoms with E-state index < -0.39 is 0 Å². The summed E-state index contributed by atoms with van der Waals surface area (Å²) in [5.41, 5.74) is 2.32. The van der Waals surface area contributed by atoms with E-state index in [0.717, 1.165) is 21.4 Å². The van der Waals surface area contributed by atoms with Gasteiger partial charge in [0.05, 0.1) is 24.4 Å². The molecule has 0 radical (unpaired) electrons. The number of hydrogen-bond donors (Lipinski definition) is 0. The molecule has 0 fully saturated rings. The number of halogens is 1. The predicted octanol–water partition coefficient (Wildman–Crippen LogP) is 4.97. The normalized spacial score (nSPS) is 10.8. The van der Waals surface area contributed by atoms with Crippen LogP contribution in [0.3, 0.4) is 0 Å². The van der Waals surface area contributed by atoms with Crippen molar-refractivity contribution in [3.63, 3.8) is 0 Å². The lowest BCUT2D eigenvalue weighted by Crippen LogP contribution is -1.99. The summed E-state index contributed by atoms with van der Waals surface area (Å²) in [6.07, 6.45) is 3.52. The van der Waals surface area contributed by atoms with Crippen LogP contribution in [0.1, 0.15) is 0 Å².